The molecule has 8 heteroatoms. The highest BCUT2D eigenvalue weighted by Crippen LogP contribution is 2.24. The molecule has 0 aliphatic carbocycles. The van der Waals surface area contributed by atoms with Crippen molar-refractivity contribution in [2.24, 2.45) is 0 Å². The van der Waals surface area contributed by atoms with E-state index in [1.54, 1.807) is 48.4 Å². The predicted octanol–water partition coefficient (Wildman–Crippen LogP) is 6.10. The Morgan fingerprint density at radius 2 is 1.77 bits per heavy atom. The van der Waals surface area contributed by atoms with E-state index in [1.165, 1.54) is 24.3 Å². The van der Waals surface area contributed by atoms with E-state index in [1.807, 2.05) is 30.5 Å². The smallest absolute Gasteiger partial charge is 0.251 e. The van der Waals surface area contributed by atoms with E-state index >= 15 is 0 Å². The number of nitrogens with one attached hydrogen (secondary N) is 2. The summed E-state index contributed by atoms with van der Waals surface area (Å²) in [5, 5.41) is 12.8. The van der Waals surface area contributed by atoms with Gasteiger partial charge in [-0.3, -0.25) is 4.79 Å². The molecular formula is C32H33F2N3O2S. The van der Waals surface area contributed by atoms with E-state index in [0.29, 0.717) is 31.2 Å². The zero-order valence-corrected chi connectivity index (χ0v) is 23.2. The molecule has 0 bridgehead atoms. The van der Waals surface area contributed by atoms with Crippen LogP contribution in [0.4, 0.5) is 8.78 Å². The van der Waals surface area contributed by atoms with Gasteiger partial charge in [-0.2, -0.15) is 11.8 Å². The first-order valence-electron chi connectivity index (χ1n) is 13.2. The molecule has 0 saturated carbocycles. The van der Waals surface area contributed by atoms with Crippen molar-refractivity contribution in [2.75, 3.05) is 18.6 Å². The van der Waals surface area contributed by atoms with E-state index in [-0.39, 0.29) is 30.2 Å². The molecule has 3 aromatic carbocycles. The monoisotopic (exact) mass is 561 g/mol. The average Bonchev–Trinajstić information content (AvgIpc) is 3.48. The molecule has 1 aromatic heterocycles. The molecule has 0 radical (unpaired) electrons. The lowest BCUT2D eigenvalue weighted by molar-refractivity contribution is 0.0914. The van der Waals surface area contributed by atoms with Crippen molar-refractivity contribution in [2.45, 2.75) is 31.7 Å². The maximum Gasteiger partial charge on any atom is 0.251 e. The highest BCUT2D eigenvalue weighted by molar-refractivity contribution is 7.98. The molecule has 1 atom stereocenters. The third-order valence-corrected chi connectivity index (χ3v) is 7.31. The maximum absolute atomic E-state index is 13.6. The van der Waals surface area contributed by atoms with Gasteiger partial charge in [0.1, 0.15) is 17.5 Å². The number of allylic oxidation sites excluding steroid dienone is 1. The number of aliphatic hydroxyl groups excluding tert-OH is 1. The summed E-state index contributed by atoms with van der Waals surface area (Å²) >= 11 is 1.66. The Morgan fingerprint density at radius 1 is 1.05 bits per heavy atom. The number of hydrogen-bond donors (Lipinski definition) is 3. The Kier molecular flexibility index (Phi) is 10.7. The number of aliphatic hydroxyl groups is 1. The molecule has 4 aromatic rings. The number of amides is 1. The molecule has 0 saturated heterocycles. The summed E-state index contributed by atoms with van der Waals surface area (Å²) in [6, 6.07) is 18.1. The average molecular weight is 562 g/mol. The number of carbonyl (C=O) groups is 1. The summed E-state index contributed by atoms with van der Waals surface area (Å²) in [7, 11) is 0. The fourth-order valence-corrected chi connectivity index (χ4v) is 4.97. The van der Waals surface area contributed by atoms with Crippen molar-refractivity contribution >= 4 is 29.3 Å². The quantitative estimate of drug-likeness (QED) is 0.172. The number of imidazole rings is 1. The van der Waals surface area contributed by atoms with E-state index in [0.717, 1.165) is 39.4 Å². The van der Waals surface area contributed by atoms with Crippen LogP contribution in [0.25, 0.3) is 11.6 Å². The van der Waals surface area contributed by atoms with Crippen LogP contribution in [0, 0.1) is 11.6 Å². The number of aromatic amines is 1. The van der Waals surface area contributed by atoms with Crippen LogP contribution < -0.4 is 5.32 Å². The van der Waals surface area contributed by atoms with Gasteiger partial charge >= 0.3 is 0 Å². The van der Waals surface area contributed by atoms with Gasteiger partial charge in [-0.05, 0) is 89.4 Å². The van der Waals surface area contributed by atoms with Gasteiger partial charge in [-0.15, -0.1) is 0 Å². The zero-order valence-electron chi connectivity index (χ0n) is 22.4. The molecule has 3 N–H and O–H groups in total. The number of aromatic nitrogens is 2. The van der Waals surface area contributed by atoms with Gasteiger partial charge in [0.2, 0.25) is 0 Å². The number of carbonyl (C=O) groups excluding carboxylic acids is 1. The first-order chi connectivity index (χ1) is 19.4. The molecule has 208 valence electrons. The minimum absolute atomic E-state index is 0.144. The molecule has 0 aliphatic heterocycles. The predicted molar refractivity (Wildman–Crippen MR) is 158 cm³/mol. The first-order valence-corrected chi connectivity index (χ1v) is 14.6. The zero-order chi connectivity index (χ0) is 28.3. The molecular weight excluding hydrogens is 528 g/mol. The molecule has 0 fully saturated rings. The summed E-state index contributed by atoms with van der Waals surface area (Å²) in [6.45, 7) is -0.144. The van der Waals surface area contributed by atoms with Crippen LogP contribution in [0.1, 0.15) is 44.9 Å². The lowest BCUT2D eigenvalue weighted by atomic mass is 9.94. The minimum atomic E-state index is -0.349. The molecule has 0 unspecified atom stereocenters. The molecule has 5 nitrogen and oxygen atoms in total. The number of hydrogen-bond acceptors (Lipinski definition) is 4. The van der Waals surface area contributed by atoms with E-state index in [9.17, 15) is 18.7 Å². The second kappa shape index (κ2) is 14.6. The Labute approximate surface area is 237 Å². The van der Waals surface area contributed by atoms with Crippen LogP contribution in [0.2, 0.25) is 0 Å². The van der Waals surface area contributed by atoms with Crippen molar-refractivity contribution in [3.63, 3.8) is 0 Å². The van der Waals surface area contributed by atoms with Crippen LogP contribution in [0.3, 0.4) is 0 Å². The summed E-state index contributed by atoms with van der Waals surface area (Å²) in [5.41, 5.74) is 4.92. The number of nitrogens with zero attached hydrogens (tertiary/aromatic N) is 1. The third-order valence-electron chi connectivity index (χ3n) is 6.67. The fraction of sp³-hybridized carbons (Fsp3) is 0.250. The van der Waals surface area contributed by atoms with Gasteiger partial charge in [0.05, 0.1) is 12.6 Å². The highest BCUT2D eigenvalue weighted by Gasteiger charge is 2.17. The molecule has 4 rings (SSSR count). The standard InChI is InChI=1S/C32H33F2N3O2S/c1-40-17-14-29(21-38)37-32(39)30-19-23(3-7-25(30)6-2-22-4-10-27(33)11-5-22)18-26(20-31-35-15-16-36-31)24-8-12-28(34)13-9-24/h3-5,7-13,15-16,18-19,29,38H,2,6,14,17,20-21H2,1H3,(H,35,36)(H,37,39)/t29-/m0/s1. The Hall–Kier alpha value is -3.75. The van der Waals surface area contributed by atoms with Crippen LogP contribution >= 0.6 is 11.8 Å². The lowest BCUT2D eigenvalue weighted by Crippen LogP contribution is -2.38. The number of rotatable bonds is 13. The van der Waals surface area contributed by atoms with Crippen molar-refractivity contribution < 1.29 is 18.7 Å². The van der Waals surface area contributed by atoms with Crippen LogP contribution in [-0.4, -0.2) is 45.6 Å². The second-order valence-corrected chi connectivity index (χ2v) is 10.6. The number of benzene rings is 3. The van der Waals surface area contributed by atoms with E-state index in [2.05, 4.69) is 15.3 Å². The normalized spacial score (nSPS) is 12.3. The molecule has 1 heterocycles. The van der Waals surface area contributed by atoms with Gasteiger partial charge in [-0.1, -0.05) is 42.5 Å². The Morgan fingerprint density at radius 3 is 2.42 bits per heavy atom. The number of aryl methyl sites for hydroxylation is 2. The van der Waals surface area contributed by atoms with Gasteiger partial charge in [0.25, 0.3) is 5.91 Å². The van der Waals surface area contributed by atoms with Gasteiger partial charge in [-0.25, -0.2) is 13.8 Å². The summed E-state index contributed by atoms with van der Waals surface area (Å²) < 4.78 is 27.0. The Balaban J connectivity index is 1.67. The second-order valence-electron chi connectivity index (χ2n) is 9.57. The van der Waals surface area contributed by atoms with E-state index < -0.39 is 0 Å². The molecule has 0 spiro atoms. The Bertz CT molecular complexity index is 1410. The summed E-state index contributed by atoms with van der Waals surface area (Å²) in [5.74, 6) is 0.736. The van der Waals surface area contributed by atoms with Gasteiger partial charge in [0.15, 0.2) is 0 Å². The minimum Gasteiger partial charge on any atom is -0.394 e. The third kappa shape index (κ3) is 8.37. The van der Waals surface area contributed by atoms with Crippen LogP contribution in [0.5, 0.6) is 0 Å². The van der Waals surface area contributed by atoms with Crippen LogP contribution in [0.15, 0.2) is 79.1 Å². The molecule has 40 heavy (non-hydrogen) atoms. The SMILES string of the molecule is CSCC[C@@H](CO)NC(=O)c1cc(C=C(Cc2ncc[nH]2)c2ccc(F)cc2)ccc1CCc1ccc(F)cc1. The largest absolute Gasteiger partial charge is 0.394 e. The number of halogens is 2. The number of thioether (sulfide) groups is 1. The topological polar surface area (TPSA) is 78.0 Å². The number of H-pyrrole nitrogens is 1. The first kappa shape index (κ1) is 29.2. The van der Waals surface area contributed by atoms with Crippen molar-refractivity contribution in [3.05, 3.63) is 124 Å². The summed E-state index contributed by atoms with van der Waals surface area (Å²) in [6.07, 6.45) is 9.79. The molecule has 1 amide bonds. The fourth-order valence-electron chi connectivity index (χ4n) is 4.45. The van der Waals surface area contributed by atoms with Crippen LogP contribution in [-0.2, 0) is 19.3 Å². The van der Waals surface area contributed by atoms with Gasteiger partial charge < -0.3 is 15.4 Å². The van der Waals surface area contributed by atoms with Crippen molar-refractivity contribution in [1.82, 2.24) is 15.3 Å². The van der Waals surface area contributed by atoms with E-state index in [4.69, 9.17) is 0 Å². The molecule has 0 aliphatic rings. The van der Waals surface area contributed by atoms with Gasteiger partial charge in [0, 0.05) is 24.4 Å². The van der Waals surface area contributed by atoms with Crippen molar-refractivity contribution in [1.29, 1.82) is 0 Å². The lowest BCUT2D eigenvalue weighted by Gasteiger charge is -2.18. The highest BCUT2D eigenvalue weighted by atomic mass is 32.2. The maximum atomic E-state index is 13.6. The summed E-state index contributed by atoms with van der Waals surface area (Å²) in [4.78, 5) is 21.0. The van der Waals surface area contributed by atoms with Crippen molar-refractivity contribution in [3.8, 4) is 0 Å².